The standard InChI is InChI=1S/C11H17ClN4O/c1-8(2)16(3)7-6-13-11(17)9-4-5-10(12)15-14-9/h4-5,8H,6-7H2,1-3H3,(H,13,17). The molecule has 0 fully saturated rings. The zero-order valence-corrected chi connectivity index (χ0v) is 11.0. The summed E-state index contributed by atoms with van der Waals surface area (Å²) in [5, 5.41) is 10.4. The third-order valence-corrected chi connectivity index (χ3v) is 2.70. The lowest BCUT2D eigenvalue weighted by Gasteiger charge is -2.20. The van der Waals surface area contributed by atoms with Crippen molar-refractivity contribution in [3.63, 3.8) is 0 Å². The summed E-state index contributed by atoms with van der Waals surface area (Å²) in [7, 11) is 2.01. The predicted molar refractivity (Wildman–Crippen MR) is 67.1 cm³/mol. The lowest BCUT2D eigenvalue weighted by Crippen LogP contribution is -2.36. The van der Waals surface area contributed by atoms with Crippen LogP contribution in [0.4, 0.5) is 0 Å². The van der Waals surface area contributed by atoms with Crippen LogP contribution in [0.25, 0.3) is 0 Å². The van der Waals surface area contributed by atoms with Crippen molar-refractivity contribution in [1.82, 2.24) is 20.4 Å². The van der Waals surface area contributed by atoms with Gasteiger partial charge >= 0.3 is 0 Å². The van der Waals surface area contributed by atoms with Gasteiger partial charge < -0.3 is 10.2 Å². The molecule has 0 saturated carbocycles. The van der Waals surface area contributed by atoms with Crippen molar-refractivity contribution < 1.29 is 4.79 Å². The van der Waals surface area contributed by atoms with E-state index in [0.29, 0.717) is 12.6 Å². The molecule has 0 spiro atoms. The molecule has 0 atom stereocenters. The van der Waals surface area contributed by atoms with Gasteiger partial charge in [0.2, 0.25) is 0 Å². The monoisotopic (exact) mass is 256 g/mol. The average Bonchev–Trinajstić information content (AvgIpc) is 2.29. The topological polar surface area (TPSA) is 58.1 Å². The first-order valence-corrected chi connectivity index (χ1v) is 5.86. The minimum Gasteiger partial charge on any atom is -0.349 e. The summed E-state index contributed by atoms with van der Waals surface area (Å²) < 4.78 is 0. The Hall–Kier alpha value is -1.20. The Morgan fingerprint density at radius 3 is 2.71 bits per heavy atom. The number of carbonyl (C=O) groups is 1. The van der Waals surface area contributed by atoms with E-state index in [9.17, 15) is 4.79 Å². The summed E-state index contributed by atoms with van der Waals surface area (Å²) >= 11 is 5.59. The third-order valence-electron chi connectivity index (χ3n) is 2.50. The van der Waals surface area contributed by atoms with E-state index in [2.05, 4.69) is 34.3 Å². The van der Waals surface area contributed by atoms with Crippen LogP contribution in [0.15, 0.2) is 12.1 Å². The second-order valence-corrected chi connectivity index (χ2v) is 4.46. The van der Waals surface area contributed by atoms with E-state index in [4.69, 9.17) is 11.6 Å². The van der Waals surface area contributed by atoms with E-state index in [1.54, 1.807) is 12.1 Å². The minimum absolute atomic E-state index is 0.230. The maximum absolute atomic E-state index is 11.6. The van der Waals surface area contributed by atoms with E-state index in [1.165, 1.54) is 0 Å². The van der Waals surface area contributed by atoms with Gasteiger partial charge in [0.15, 0.2) is 10.8 Å². The van der Waals surface area contributed by atoms with Crippen LogP contribution < -0.4 is 5.32 Å². The molecule has 0 saturated heterocycles. The van der Waals surface area contributed by atoms with Gasteiger partial charge in [0.1, 0.15) is 0 Å². The van der Waals surface area contributed by atoms with Crippen molar-refractivity contribution in [3.05, 3.63) is 23.0 Å². The quantitative estimate of drug-likeness (QED) is 0.860. The Morgan fingerprint density at radius 1 is 1.47 bits per heavy atom. The van der Waals surface area contributed by atoms with Crippen LogP contribution in [0.1, 0.15) is 24.3 Å². The highest BCUT2D eigenvalue weighted by molar-refractivity contribution is 6.29. The zero-order valence-electron chi connectivity index (χ0n) is 10.3. The number of nitrogens with zero attached hydrogens (tertiary/aromatic N) is 3. The summed E-state index contributed by atoms with van der Waals surface area (Å²) in [5.41, 5.74) is 0.279. The number of carbonyl (C=O) groups excluding carboxylic acids is 1. The molecule has 0 aliphatic heterocycles. The van der Waals surface area contributed by atoms with Crippen molar-refractivity contribution >= 4 is 17.5 Å². The number of nitrogens with one attached hydrogen (secondary N) is 1. The first-order chi connectivity index (χ1) is 8.00. The fourth-order valence-corrected chi connectivity index (χ4v) is 1.23. The number of hydrogen-bond acceptors (Lipinski definition) is 4. The summed E-state index contributed by atoms with van der Waals surface area (Å²) in [6.45, 7) is 5.58. The molecule has 0 unspecified atom stereocenters. The third kappa shape index (κ3) is 4.66. The highest BCUT2D eigenvalue weighted by atomic mass is 35.5. The van der Waals surface area contributed by atoms with Crippen molar-refractivity contribution in [2.45, 2.75) is 19.9 Å². The lowest BCUT2D eigenvalue weighted by atomic mass is 10.3. The predicted octanol–water partition coefficient (Wildman–Crippen LogP) is 1.20. The Balaban J connectivity index is 2.37. The SMILES string of the molecule is CC(C)N(C)CCNC(=O)c1ccc(Cl)nn1. The van der Waals surface area contributed by atoms with Gasteiger partial charge in [0, 0.05) is 19.1 Å². The summed E-state index contributed by atoms with van der Waals surface area (Å²) in [6.07, 6.45) is 0. The van der Waals surface area contributed by atoms with Crippen molar-refractivity contribution in [2.24, 2.45) is 0 Å². The number of halogens is 1. The van der Waals surface area contributed by atoms with Crippen LogP contribution in [-0.2, 0) is 0 Å². The molecule has 0 radical (unpaired) electrons. The van der Waals surface area contributed by atoms with Gasteiger partial charge in [-0.3, -0.25) is 4.79 Å². The molecule has 1 rings (SSSR count). The first-order valence-electron chi connectivity index (χ1n) is 5.48. The van der Waals surface area contributed by atoms with Crippen LogP contribution in [-0.4, -0.2) is 47.2 Å². The highest BCUT2D eigenvalue weighted by Gasteiger charge is 2.08. The van der Waals surface area contributed by atoms with Gasteiger partial charge in [0.05, 0.1) is 0 Å². The molecule has 0 bridgehead atoms. The molecule has 1 amide bonds. The second kappa shape index (κ2) is 6.51. The average molecular weight is 257 g/mol. The van der Waals surface area contributed by atoms with E-state index >= 15 is 0 Å². The van der Waals surface area contributed by atoms with Crippen LogP contribution in [0, 0.1) is 0 Å². The molecule has 94 valence electrons. The van der Waals surface area contributed by atoms with Gasteiger partial charge in [-0.25, -0.2) is 0 Å². The van der Waals surface area contributed by atoms with E-state index in [1.807, 2.05) is 7.05 Å². The molecular formula is C11H17ClN4O. The molecule has 0 aliphatic rings. The first kappa shape index (κ1) is 13.9. The highest BCUT2D eigenvalue weighted by Crippen LogP contribution is 2.01. The van der Waals surface area contributed by atoms with Crippen LogP contribution in [0.5, 0.6) is 0 Å². The van der Waals surface area contributed by atoms with E-state index in [-0.39, 0.29) is 16.8 Å². The maximum Gasteiger partial charge on any atom is 0.271 e. The molecule has 5 nitrogen and oxygen atoms in total. The van der Waals surface area contributed by atoms with Gasteiger partial charge in [-0.1, -0.05) is 11.6 Å². The molecule has 6 heteroatoms. The second-order valence-electron chi connectivity index (χ2n) is 4.07. The van der Waals surface area contributed by atoms with Crippen LogP contribution in [0.3, 0.4) is 0 Å². The number of aromatic nitrogens is 2. The largest absolute Gasteiger partial charge is 0.349 e. The Labute approximate surface area is 106 Å². The van der Waals surface area contributed by atoms with Gasteiger partial charge in [-0.05, 0) is 33.0 Å². The molecule has 1 heterocycles. The van der Waals surface area contributed by atoms with Gasteiger partial charge in [-0.2, -0.15) is 0 Å². The van der Waals surface area contributed by atoms with Crippen LogP contribution >= 0.6 is 11.6 Å². The zero-order chi connectivity index (χ0) is 12.8. The molecular weight excluding hydrogens is 240 g/mol. The number of hydrogen-bond donors (Lipinski definition) is 1. The van der Waals surface area contributed by atoms with Crippen molar-refractivity contribution in [1.29, 1.82) is 0 Å². The fraction of sp³-hybridized carbons (Fsp3) is 0.545. The van der Waals surface area contributed by atoms with Crippen molar-refractivity contribution in [3.8, 4) is 0 Å². The smallest absolute Gasteiger partial charge is 0.271 e. The van der Waals surface area contributed by atoms with Crippen LogP contribution in [0.2, 0.25) is 5.15 Å². The Morgan fingerprint density at radius 2 is 2.18 bits per heavy atom. The summed E-state index contributed by atoms with van der Waals surface area (Å²) in [6, 6.07) is 3.56. The minimum atomic E-state index is -0.230. The fourth-order valence-electron chi connectivity index (χ4n) is 1.13. The molecule has 1 aromatic rings. The maximum atomic E-state index is 11.6. The number of rotatable bonds is 5. The summed E-state index contributed by atoms with van der Waals surface area (Å²) in [4.78, 5) is 13.8. The molecule has 1 aromatic heterocycles. The molecule has 0 aromatic carbocycles. The van der Waals surface area contributed by atoms with E-state index in [0.717, 1.165) is 6.54 Å². The Bertz CT molecular complexity index is 366. The number of likely N-dealkylation sites (N-methyl/N-ethyl adjacent to an activating group) is 1. The van der Waals surface area contributed by atoms with Crippen molar-refractivity contribution in [2.75, 3.05) is 20.1 Å². The summed E-state index contributed by atoms with van der Waals surface area (Å²) in [5.74, 6) is -0.230. The molecule has 1 N–H and O–H groups in total. The van der Waals surface area contributed by atoms with Gasteiger partial charge in [0.25, 0.3) is 5.91 Å². The Kier molecular flexibility index (Phi) is 5.31. The van der Waals surface area contributed by atoms with Gasteiger partial charge in [-0.15, -0.1) is 10.2 Å². The normalized spacial score (nSPS) is 10.9. The van der Waals surface area contributed by atoms with E-state index < -0.39 is 0 Å². The molecule has 0 aliphatic carbocycles. The number of amides is 1. The lowest BCUT2D eigenvalue weighted by molar-refractivity contribution is 0.0942. The molecule has 17 heavy (non-hydrogen) atoms.